The number of aromatic nitrogens is 1. The fourth-order valence-electron chi connectivity index (χ4n) is 3.15. The largest absolute Gasteiger partial charge is 0.494 e. The average molecular weight is 301 g/mol. The number of likely N-dealkylation sites (tertiary alicyclic amines) is 1. The monoisotopic (exact) mass is 301 g/mol. The Hall–Kier alpha value is -2.06. The number of nitriles is 1. The van der Waals surface area contributed by atoms with Crippen LogP contribution in [-0.2, 0) is 13.1 Å². The number of aromatic hydroxyl groups is 1. The zero-order valence-corrected chi connectivity index (χ0v) is 13.3. The van der Waals surface area contributed by atoms with Crippen LogP contribution in [0.3, 0.4) is 0 Å². The molecule has 5 heteroatoms. The lowest BCUT2D eigenvalue weighted by atomic mass is 9.98. The minimum Gasteiger partial charge on any atom is -0.494 e. The maximum atomic E-state index is 12.2. The van der Waals surface area contributed by atoms with E-state index < -0.39 is 5.56 Å². The van der Waals surface area contributed by atoms with E-state index >= 15 is 0 Å². The Balaban J connectivity index is 2.46. The van der Waals surface area contributed by atoms with Gasteiger partial charge in [-0.1, -0.05) is 13.0 Å². The minimum absolute atomic E-state index is 0.0420. The summed E-state index contributed by atoms with van der Waals surface area (Å²) in [6.07, 6.45) is 3.91. The van der Waals surface area contributed by atoms with Crippen molar-refractivity contribution in [3.05, 3.63) is 39.7 Å². The number of hydrogen-bond donors (Lipinski definition) is 1. The van der Waals surface area contributed by atoms with Crippen LogP contribution >= 0.6 is 0 Å². The topological polar surface area (TPSA) is 69.3 Å². The number of pyridine rings is 1. The van der Waals surface area contributed by atoms with E-state index in [1.54, 1.807) is 13.0 Å². The van der Waals surface area contributed by atoms with Crippen LogP contribution in [0.25, 0.3) is 0 Å². The molecular weight excluding hydrogens is 278 g/mol. The third-order valence-corrected chi connectivity index (χ3v) is 4.36. The van der Waals surface area contributed by atoms with Crippen molar-refractivity contribution in [1.29, 1.82) is 5.26 Å². The fraction of sp³-hybridized carbons (Fsp3) is 0.529. The summed E-state index contributed by atoms with van der Waals surface area (Å²) in [6, 6.07) is 1.98. The molecule has 5 nitrogen and oxygen atoms in total. The van der Waals surface area contributed by atoms with Gasteiger partial charge in [0, 0.05) is 25.2 Å². The van der Waals surface area contributed by atoms with Crippen molar-refractivity contribution >= 4 is 0 Å². The molecule has 118 valence electrons. The highest BCUT2D eigenvalue weighted by molar-refractivity contribution is 5.45. The molecule has 0 radical (unpaired) electrons. The Morgan fingerprint density at radius 1 is 1.55 bits per heavy atom. The second kappa shape index (κ2) is 6.80. The second-order valence-corrected chi connectivity index (χ2v) is 6.10. The van der Waals surface area contributed by atoms with Crippen LogP contribution in [0.4, 0.5) is 0 Å². The Morgan fingerprint density at radius 2 is 2.27 bits per heavy atom. The Labute approximate surface area is 131 Å². The predicted octanol–water partition coefficient (Wildman–Crippen LogP) is 2.15. The molecule has 1 aliphatic heterocycles. The summed E-state index contributed by atoms with van der Waals surface area (Å²) in [4.78, 5) is 14.5. The summed E-state index contributed by atoms with van der Waals surface area (Å²) in [7, 11) is 0. The van der Waals surface area contributed by atoms with E-state index in [1.165, 1.54) is 11.0 Å². The standard InChI is InChI=1S/C17H23N3O2/c1-4-7-20-16(21)14(9-18)13(3)15(17(20)22)11-19-8-5-6-12(2)10-19/h4,12,22H,1,5-8,10-11H2,2-3H3. The van der Waals surface area contributed by atoms with E-state index in [1.807, 2.05) is 6.07 Å². The van der Waals surface area contributed by atoms with Gasteiger partial charge in [-0.15, -0.1) is 6.58 Å². The van der Waals surface area contributed by atoms with Crippen molar-refractivity contribution < 1.29 is 5.11 Å². The average Bonchev–Trinajstić information content (AvgIpc) is 2.49. The zero-order chi connectivity index (χ0) is 16.3. The van der Waals surface area contributed by atoms with E-state index in [4.69, 9.17) is 0 Å². The first-order valence-electron chi connectivity index (χ1n) is 7.68. The lowest BCUT2D eigenvalue weighted by Gasteiger charge is -2.31. The molecule has 0 aliphatic carbocycles. The number of piperidine rings is 1. The predicted molar refractivity (Wildman–Crippen MR) is 85.7 cm³/mol. The van der Waals surface area contributed by atoms with Crippen LogP contribution in [0.15, 0.2) is 17.4 Å². The lowest BCUT2D eigenvalue weighted by Crippen LogP contribution is -2.35. The molecule has 0 bridgehead atoms. The number of hydrogen-bond acceptors (Lipinski definition) is 4. The van der Waals surface area contributed by atoms with Crippen molar-refractivity contribution in [2.45, 2.75) is 39.8 Å². The molecule has 1 fully saturated rings. The smallest absolute Gasteiger partial charge is 0.271 e. The summed E-state index contributed by atoms with van der Waals surface area (Å²) in [5.41, 5.74) is 0.920. The van der Waals surface area contributed by atoms with Crippen molar-refractivity contribution in [3.63, 3.8) is 0 Å². The zero-order valence-electron chi connectivity index (χ0n) is 13.3. The number of allylic oxidation sites excluding steroid dienone is 1. The summed E-state index contributed by atoms with van der Waals surface area (Å²) in [5, 5.41) is 19.7. The van der Waals surface area contributed by atoms with Gasteiger partial charge in [0.05, 0.1) is 0 Å². The van der Waals surface area contributed by atoms with E-state index in [-0.39, 0.29) is 18.0 Å². The molecule has 22 heavy (non-hydrogen) atoms. The molecule has 1 unspecified atom stereocenters. The summed E-state index contributed by atoms with van der Waals surface area (Å²) < 4.78 is 1.22. The van der Waals surface area contributed by atoms with Crippen molar-refractivity contribution in [2.24, 2.45) is 5.92 Å². The molecule has 1 N–H and O–H groups in total. The van der Waals surface area contributed by atoms with Gasteiger partial charge in [0.1, 0.15) is 11.6 Å². The summed E-state index contributed by atoms with van der Waals surface area (Å²) in [6.45, 7) is 10.3. The molecule has 0 amide bonds. The highest BCUT2D eigenvalue weighted by Gasteiger charge is 2.22. The van der Waals surface area contributed by atoms with E-state index in [9.17, 15) is 15.2 Å². The van der Waals surface area contributed by atoms with E-state index in [2.05, 4.69) is 18.4 Å². The highest BCUT2D eigenvalue weighted by Crippen LogP contribution is 2.25. The van der Waals surface area contributed by atoms with Gasteiger partial charge in [-0.3, -0.25) is 14.3 Å². The Kier molecular flexibility index (Phi) is 5.04. The first-order valence-corrected chi connectivity index (χ1v) is 7.68. The molecule has 1 atom stereocenters. The first-order chi connectivity index (χ1) is 10.5. The molecule has 2 heterocycles. The van der Waals surface area contributed by atoms with Gasteiger partial charge in [-0.2, -0.15) is 5.26 Å². The van der Waals surface area contributed by atoms with Crippen molar-refractivity contribution in [1.82, 2.24) is 9.47 Å². The van der Waals surface area contributed by atoms with Crippen molar-refractivity contribution in [3.8, 4) is 11.9 Å². The van der Waals surface area contributed by atoms with Crippen LogP contribution in [-0.4, -0.2) is 27.7 Å². The van der Waals surface area contributed by atoms with Crippen LogP contribution in [0, 0.1) is 24.2 Å². The van der Waals surface area contributed by atoms with Gasteiger partial charge >= 0.3 is 0 Å². The van der Waals surface area contributed by atoms with Gasteiger partial charge in [0.25, 0.3) is 5.56 Å². The number of rotatable bonds is 4. The van der Waals surface area contributed by atoms with Gasteiger partial charge in [-0.25, -0.2) is 0 Å². The first kappa shape index (κ1) is 16.3. The van der Waals surface area contributed by atoms with E-state index in [0.717, 1.165) is 19.5 Å². The number of nitrogens with zero attached hydrogens (tertiary/aromatic N) is 3. The van der Waals surface area contributed by atoms with Crippen molar-refractivity contribution in [2.75, 3.05) is 13.1 Å². The molecular formula is C17H23N3O2. The minimum atomic E-state index is -0.451. The fourth-order valence-corrected chi connectivity index (χ4v) is 3.15. The molecule has 0 aromatic carbocycles. The Bertz CT molecular complexity index is 670. The SMILES string of the molecule is C=CCn1c(O)c(CN2CCCC(C)C2)c(C)c(C#N)c1=O. The second-order valence-electron chi connectivity index (χ2n) is 6.10. The van der Waals surface area contributed by atoms with Gasteiger partial charge in [0.15, 0.2) is 5.88 Å². The summed E-state index contributed by atoms with van der Waals surface area (Å²) in [5.74, 6) is 0.588. The van der Waals surface area contributed by atoms with Gasteiger partial charge < -0.3 is 5.11 Å². The Morgan fingerprint density at radius 3 is 2.86 bits per heavy atom. The normalized spacial score (nSPS) is 18.9. The lowest BCUT2D eigenvalue weighted by molar-refractivity contribution is 0.174. The maximum Gasteiger partial charge on any atom is 0.271 e. The molecule has 0 saturated carbocycles. The van der Waals surface area contributed by atoms with E-state index in [0.29, 0.717) is 23.6 Å². The quantitative estimate of drug-likeness (QED) is 0.865. The molecule has 1 aromatic rings. The van der Waals surface area contributed by atoms with Gasteiger partial charge in [-0.05, 0) is 37.8 Å². The molecule has 1 aliphatic rings. The molecule has 2 rings (SSSR count). The molecule has 0 spiro atoms. The van der Waals surface area contributed by atoms with Crippen LogP contribution in [0.5, 0.6) is 5.88 Å². The molecule has 1 saturated heterocycles. The van der Waals surface area contributed by atoms with Crippen LogP contribution in [0.2, 0.25) is 0 Å². The third-order valence-electron chi connectivity index (χ3n) is 4.36. The van der Waals surface area contributed by atoms with Crippen LogP contribution < -0.4 is 5.56 Å². The molecule has 1 aromatic heterocycles. The van der Waals surface area contributed by atoms with Gasteiger partial charge in [0.2, 0.25) is 0 Å². The summed E-state index contributed by atoms with van der Waals surface area (Å²) >= 11 is 0. The van der Waals surface area contributed by atoms with Crippen LogP contribution in [0.1, 0.15) is 36.5 Å². The highest BCUT2D eigenvalue weighted by atomic mass is 16.3. The third kappa shape index (κ3) is 3.07. The maximum absolute atomic E-state index is 12.2.